The van der Waals surface area contributed by atoms with E-state index in [4.69, 9.17) is 4.74 Å². The average molecular weight is 478 g/mol. The highest BCUT2D eigenvalue weighted by Gasteiger charge is 2.48. The maximum Gasteiger partial charge on any atom is 0.344 e. The van der Waals surface area contributed by atoms with Crippen molar-refractivity contribution < 1.29 is 23.5 Å². The zero-order valence-electron chi connectivity index (χ0n) is 16.4. The van der Waals surface area contributed by atoms with E-state index in [1.807, 2.05) is 30.3 Å². The molecule has 30 heavy (non-hydrogen) atoms. The number of halogens is 2. The number of nitrogens with zero attached hydrogens (tertiary/aromatic N) is 1. The third kappa shape index (κ3) is 4.79. The molecular formula is C21H21BrFN3O4. The van der Waals surface area contributed by atoms with Crippen molar-refractivity contribution in [3.05, 3.63) is 64.4 Å². The molecule has 7 nitrogen and oxygen atoms in total. The van der Waals surface area contributed by atoms with Crippen LogP contribution in [0.25, 0.3) is 0 Å². The van der Waals surface area contributed by atoms with Gasteiger partial charge in [-0.2, -0.15) is 5.01 Å². The number of carbonyl (C=O) groups is 3. The highest BCUT2D eigenvalue weighted by Crippen LogP contribution is 2.27. The molecule has 3 rings (SSSR count). The number of hydrogen-bond acceptors (Lipinski definition) is 4. The molecule has 0 saturated carbocycles. The first-order valence-corrected chi connectivity index (χ1v) is 10.1. The van der Waals surface area contributed by atoms with Gasteiger partial charge in [0.25, 0.3) is 11.8 Å². The van der Waals surface area contributed by atoms with Gasteiger partial charge >= 0.3 is 6.03 Å². The van der Waals surface area contributed by atoms with Gasteiger partial charge in [-0.05, 0) is 66.4 Å². The second-order valence-electron chi connectivity index (χ2n) is 7.20. The molecule has 0 aromatic heterocycles. The maximum absolute atomic E-state index is 13.2. The summed E-state index contributed by atoms with van der Waals surface area (Å²) in [7, 11) is 0. The molecule has 4 amide bonds. The minimum atomic E-state index is -1.13. The summed E-state index contributed by atoms with van der Waals surface area (Å²) in [6.07, 6.45) is -0.0743. The molecule has 1 aliphatic heterocycles. The normalized spacial score (nSPS) is 19.4. The van der Waals surface area contributed by atoms with Crippen molar-refractivity contribution in [1.29, 1.82) is 0 Å². The Hall–Kier alpha value is -2.94. The van der Waals surface area contributed by atoms with Crippen LogP contribution in [0, 0.1) is 5.82 Å². The minimum Gasteiger partial charge on any atom is -0.480 e. The number of ether oxygens (including phenoxy) is 1. The van der Waals surface area contributed by atoms with E-state index in [9.17, 15) is 18.8 Å². The summed E-state index contributed by atoms with van der Waals surface area (Å²) < 4.78 is 19.0. The van der Waals surface area contributed by atoms with Gasteiger partial charge in [0.1, 0.15) is 17.1 Å². The van der Waals surface area contributed by atoms with Crippen molar-refractivity contribution in [2.75, 3.05) is 0 Å². The van der Waals surface area contributed by atoms with Crippen molar-refractivity contribution in [3.63, 3.8) is 0 Å². The van der Waals surface area contributed by atoms with Gasteiger partial charge in [0.2, 0.25) is 0 Å². The predicted molar refractivity (Wildman–Crippen MR) is 111 cm³/mol. The molecule has 2 aromatic rings. The molecule has 1 saturated heterocycles. The van der Waals surface area contributed by atoms with Crippen LogP contribution >= 0.6 is 15.9 Å². The van der Waals surface area contributed by atoms with E-state index in [-0.39, 0.29) is 5.75 Å². The van der Waals surface area contributed by atoms with Gasteiger partial charge in [-0.25, -0.2) is 9.18 Å². The number of rotatable bonds is 7. The third-order valence-corrected chi connectivity index (χ3v) is 5.43. The highest BCUT2D eigenvalue weighted by molar-refractivity contribution is 9.10. The van der Waals surface area contributed by atoms with E-state index >= 15 is 0 Å². The van der Waals surface area contributed by atoms with E-state index < -0.39 is 35.3 Å². The number of aryl methyl sites for hydroxylation is 1. The molecule has 0 aliphatic carbocycles. The smallest absolute Gasteiger partial charge is 0.344 e. The minimum absolute atomic E-state index is 0.254. The van der Waals surface area contributed by atoms with E-state index in [0.717, 1.165) is 5.56 Å². The third-order valence-electron chi connectivity index (χ3n) is 4.81. The molecule has 9 heteroatoms. The Bertz CT molecular complexity index is 972. The summed E-state index contributed by atoms with van der Waals surface area (Å²) in [6, 6.07) is 12.7. The number of hydrogen-bond donors (Lipinski definition) is 2. The van der Waals surface area contributed by atoms with Crippen LogP contribution in [0.3, 0.4) is 0 Å². The molecule has 2 N–H and O–H groups in total. The van der Waals surface area contributed by atoms with Crippen LogP contribution in [0.4, 0.5) is 9.18 Å². The Morgan fingerprint density at radius 2 is 1.97 bits per heavy atom. The van der Waals surface area contributed by atoms with Gasteiger partial charge < -0.3 is 10.1 Å². The number of amides is 4. The molecule has 2 unspecified atom stereocenters. The standard InChI is InChI=1S/C21H21BrFN3O4/c1-13(30-17-9-8-15(23)12-16(17)22)18(27)25-26-19(28)21(2,24-20(26)29)11-10-14-6-4-3-5-7-14/h3-9,12-13H,10-11H2,1-2H3,(H,24,29)(H,25,27). The van der Waals surface area contributed by atoms with Gasteiger partial charge in [0.05, 0.1) is 4.47 Å². The molecule has 1 fully saturated rings. The van der Waals surface area contributed by atoms with E-state index in [0.29, 0.717) is 22.3 Å². The lowest BCUT2D eigenvalue weighted by Gasteiger charge is -2.22. The highest BCUT2D eigenvalue weighted by atomic mass is 79.9. The lowest BCUT2D eigenvalue weighted by molar-refractivity contribution is -0.141. The van der Waals surface area contributed by atoms with Crippen LogP contribution in [-0.2, 0) is 16.0 Å². The lowest BCUT2D eigenvalue weighted by Crippen LogP contribution is -2.52. The van der Waals surface area contributed by atoms with E-state index in [1.165, 1.54) is 25.1 Å². The van der Waals surface area contributed by atoms with Crippen molar-refractivity contribution in [2.24, 2.45) is 0 Å². The van der Waals surface area contributed by atoms with Gasteiger partial charge in [0, 0.05) is 0 Å². The second kappa shape index (κ2) is 8.83. The summed E-state index contributed by atoms with van der Waals surface area (Å²) in [4.78, 5) is 37.6. The number of imide groups is 1. The molecule has 158 valence electrons. The van der Waals surface area contributed by atoms with E-state index in [2.05, 4.69) is 26.7 Å². The monoisotopic (exact) mass is 477 g/mol. The van der Waals surface area contributed by atoms with Crippen molar-refractivity contribution >= 4 is 33.8 Å². The quantitative estimate of drug-likeness (QED) is 0.598. The van der Waals surface area contributed by atoms with Crippen LogP contribution in [0.5, 0.6) is 5.75 Å². The first kappa shape index (κ1) is 21.8. The van der Waals surface area contributed by atoms with Crippen molar-refractivity contribution in [1.82, 2.24) is 15.8 Å². The van der Waals surface area contributed by atoms with Crippen molar-refractivity contribution in [2.45, 2.75) is 38.3 Å². The fraction of sp³-hybridized carbons (Fsp3) is 0.286. The number of benzene rings is 2. The average Bonchev–Trinajstić information content (AvgIpc) is 2.92. The van der Waals surface area contributed by atoms with Crippen LogP contribution in [0.15, 0.2) is 53.0 Å². The molecule has 1 aliphatic rings. The first-order valence-electron chi connectivity index (χ1n) is 9.32. The molecule has 1 heterocycles. The molecule has 2 atom stereocenters. The van der Waals surface area contributed by atoms with Gasteiger partial charge in [-0.1, -0.05) is 30.3 Å². The predicted octanol–water partition coefficient (Wildman–Crippen LogP) is 3.33. The second-order valence-corrected chi connectivity index (χ2v) is 8.05. The number of urea groups is 1. The fourth-order valence-electron chi connectivity index (χ4n) is 3.01. The first-order chi connectivity index (χ1) is 14.2. The zero-order valence-corrected chi connectivity index (χ0v) is 18.0. The largest absolute Gasteiger partial charge is 0.480 e. The van der Waals surface area contributed by atoms with Crippen LogP contribution < -0.4 is 15.5 Å². The van der Waals surface area contributed by atoms with Crippen LogP contribution in [0.2, 0.25) is 0 Å². The molecular weight excluding hydrogens is 457 g/mol. The van der Waals surface area contributed by atoms with Gasteiger partial charge in [-0.3, -0.25) is 15.0 Å². The lowest BCUT2D eigenvalue weighted by atomic mass is 9.93. The maximum atomic E-state index is 13.2. The van der Waals surface area contributed by atoms with Gasteiger partial charge in [-0.15, -0.1) is 0 Å². The van der Waals surface area contributed by atoms with Gasteiger partial charge in [0.15, 0.2) is 6.10 Å². The van der Waals surface area contributed by atoms with Crippen molar-refractivity contribution in [3.8, 4) is 5.75 Å². The zero-order chi connectivity index (χ0) is 21.9. The SMILES string of the molecule is CC(Oc1ccc(F)cc1Br)C(=O)NN1C(=O)NC(C)(CCc2ccccc2)C1=O. The topological polar surface area (TPSA) is 87.7 Å². The molecule has 0 radical (unpaired) electrons. The fourth-order valence-corrected chi connectivity index (χ4v) is 3.45. The summed E-state index contributed by atoms with van der Waals surface area (Å²) in [6.45, 7) is 3.08. The van der Waals surface area contributed by atoms with Crippen LogP contribution in [0.1, 0.15) is 25.8 Å². The summed E-state index contributed by atoms with van der Waals surface area (Å²) >= 11 is 3.16. The molecule has 0 spiro atoms. The Balaban J connectivity index is 1.62. The summed E-state index contributed by atoms with van der Waals surface area (Å²) in [5, 5.41) is 3.32. The number of hydrazine groups is 1. The Morgan fingerprint density at radius 1 is 1.27 bits per heavy atom. The van der Waals surface area contributed by atoms with Crippen LogP contribution in [-0.4, -0.2) is 34.5 Å². The summed E-state index contributed by atoms with van der Waals surface area (Å²) in [5.74, 6) is -1.45. The summed E-state index contributed by atoms with van der Waals surface area (Å²) in [5.41, 5.74) is 2.20. The molecule has 2 aromatic carbocycles. The Labute approximate surface area is 181 Å². The number of carbonyl (C=O) groups excluding carboxylic acids is 3. The Morgan fingerprint density at radius 3 is 2.63 bits per heavy atom. The number of nitrogens with one attached hydrogen (secondary N) is 2. The van der Waals surface area contributed by atoms with E-state index in [1.54, 1.807) is 6.92 Å². The molecule has 0 bridgehead atoms. The Kier molecular flexibility index (Phi) is 6.40.